The summed E-state index contributed by atoms with van der Waals surface area (Å²) < 4.78 is 48.8. The van der Waals surface area contributed by atoms with Crippen LogP contribution in [0, 0.1) is 5.82 Å². The molecule has 1 aromatic carbocycles. The molecule has 0 aliphatic carbocycles. The van der Waals surface area contributed by atoms with Gasteiger partial charge >= 0.3 is 0 Å². The summed E-state index contributed by atoms with van der Waals surface area (Å²) in [5, 5.41) is 0. The molecule has 7 heteroatoms. The Hall–Kier alpha value is -0.790. The van der Waals surface area contributed by atoms with Crippen LogP contribution in [0.3, 0.4) is 0 Å². The van der Waals surface area contributed by atoms with E-state index in [1.54, 1.807) is 0 Å². The summed E-state index contributed by atoms with van der Waals surface area (Å²) in [4.78, 5) is -0.00390. The minimum Gasteiger partial charge on any atom is -0.260 e. The number of benzene rings is 1. The van der Waals surface area contributed by atoms with Crippen molar-refractivity contribution < 1.29 is 17.0 Å². The molecule has 1 N–H and O–H groups in total. The van der Waals surface area contributed by atoms with E-state index in [0.717, 1.165) is 12.1 Å². The summed E-state index contributed by atoms with van der Waals surface area (Å²) >= 11 is 0. The smallest absolute Gasteiger partial charge is 0.240 e. The van der Waals surface area contributed by atoms with E-state index in [4.69, 9.17) is 0 Å². The monoisotopic (exact) mass is 265 g/mol. The van der Waals surface area contributed by atoms with E-state index in [1.807, 2.05) is 0 Å². The fraction of sp³-hybridized carbons (Fsp3) is 0.333. The highest BCUT2D eigenvalue weighted by Crippen LogP contribution is 2.08. The lowest BCUT2D eigenvalue weighted by molar-refractivity contribution is 0.583. The number of sulfonamides is 1. The minimum atomic E-state index is -3.62. The first-order valence-corrected chi connectivity index (χ1v) is 7.68. The molecule has 0 aliphatic heterocycles. The third-order valence-electron chi connectivity index (χ3n) is 1.81. The number of nitrogens with one attached hydrogen (secondary N) is 1. The van der Waals surface area contributed by atoms with Crippen molar-refractivity contribution in [1.29, 1.82) is 0 Å². The van der Waals surface area contributed by atoms with E-state index in [1.165, 1.54) is 18.4 Å². The van der Waals surface area contributed by atoms with Gasteiger partial charge in [0.1, 0.15) is 5.82 Å². The van der Waals surface area contributed by atoms with Gasteiger partial charge in [-0.25, -0.2) is 17.5 Å². The summed E-state index contributed by atoms with van der Waals surface area (Å²) in [7, 11) is -4.67. The van der Waals surface area contributed by atoms with Crippen LogP contribution in [0.25, 0.3) is 0 Å². The molecule has 0 aliphatic rings. The van der Waals surface area contributed by atoms with Crippen LogP contribution in [0.2, 0.25) is 0 Å². The van der Waals surface area contributed by atoms with E-state index in [-0.39, 0.29) is 17.2 Å². The average Bonchev–Trinajstić information content (AvgIpc) is 2.17. The molecule has 1 unspecified atom stereocenters. The van der Waals surface area contributed by atoms with E-state index < -0.39 is 26.6 Å². The Morgan fingerprint density at radius 2 is 1.88 bits per heavy atom. The van der Waals surface area contributed by atoms with E-state index in [0.29, 0.717) is 0 Å². The zero-order valence-corrected chi connectivity index (χ0v) is 10.3. The SMILES string of the molecule is CS(=O)CCNS(=O)(=O)c1ccc(F)cc1. The van der Waals surface area contributed by atoms with Crippen molar-refractivity contribution in [2.24, 2.45) is 0 Å². The summed E-state index contributed by atoms with van der Waals surface area (Å²) in [6.07, 6.45) is 1.49. The molecule has 0 fully saturated rings. The van der Waals surface area contributed by atoms with Crippen LogP contribution >= 0.6 is 0 Å². The van der Waals surface area contributed by atoms with Crippen LogP contribution in [0.15, 0.2) is 29.2 Å². The molecule has 0 radical (unpaired) electrons. The molecule has 1 rings (SSSR count). The van der Waals surface area contributed by atoms with Crippen molar-refractivity contribution in [3.05, 3.63) is 30.1 Å². The molecule has 0 spiro atoms. The third-order valence-corrected chi connectivity index (χ3v) is 4.06. The van der Waals surface area contributed by atoms with Crippen LogP contribution in [-0.2, 0) is 20.8 Å². The zero-order chi connectivity index (χ0) is 12.2. The Morgan fingerprint density at radius 1 is 1.31 bits per heavy atom. The number of hydrogen-bond acceptors (Lipinski definition) is 3. The van der Waals surface area contributed by atoms with Crippen molar-refractivity contribution >= 4 is 20.8 Å². The summed E-state index contributed by atoms with van der Waals surface area (Å²) in [5.74, 6) is -0.242. The van der Waals surface area contributed by atoms with Gasteiger partial charge in [0.2, 0.25) is 10.0 Å². The van der Waals surface area contributed by atoms with Gasteiger partial charge in [-0.15, -0.1) is 0 Å². The highest BCUT2D eigenvalue weighted by Gasteiger charge is 2.12. The fourth-order valence-electron chi connectivity index (χ4n) is 1.02. The molecule has 16 heavy (non-hydrogen) atoms. The van der Waals surface area contributed by atoms with Gasteiger partial charge in [0.05, 0.1) is 4.90 Å². The van der Waals surface area contributed by atoms with Crippen LogP contribution in [0.5, 0.6) is 0 Å². The zero-order valence-electron chi connectivity index (χ0n) is 8.64. The van der Waals surface area contributed by atoms with Crippen LogP contribution in [-0.4, -0.2) is 31.2 Å². The number of rotatable bonds is 5. The van der Waals surface area contributed by atoms with Gasteiger partial charge in [-0.3, -0.25) is 4.21 Å². The molecule has 0 aromatic heterocycles. The fourth-order valence-corrected chi connectivity index (χ4v) is 2.57. The van der Waals surface area contributed by atoms with E-state index in [9.17, 15) is 17.0 Å². The Kier molecular flexibility index (Phi) is 4.57. The maximum atomic E-state index is 12.6. The first-order chi connectivity index (χ1) is 7.42. The third kappa shape index (κ3) is 3.99. The van der Waals surface area contributed by atoms with Gasteiger partial charge < -0.3 is 0 Å². The highest BCUT2D eigenvalue weighted by atomic mass is 32.2. The van der Waals surface area contributed by atoms with Crippen LogP contribution in [0.1, 0.15) is 0 Å². The average molecular weight is 265 g/mol. The molecule has 1 atom stereocenters. The maximum Gasteiger partial charge on any atom is 0.240 e. The lowest BCUT2D eigenvalue weighted by Gasteiger charge is -2.05. The predicted octanol–water partition coefficient (Wildman–Crippen LogP) is 0.482. The second kappa shape index (κ2) is 5.51. The normalized spacial score (nSPS) is 13.6. The molecular formula is C9H12FNO3S2. The van der Waals surface area contributed by atoms with Crippen molar-refractivity contribution in [2.75, 3.05) is 18.6 Å². The largest absolute Gasteiger partial charge is 0.260 e. The molecule has 1 aromatic rings. The predicted molar refractivity (Wildman–Crippen MR) is 60.5 cm³/mol. The number of hydrogen-bond donors (Lipinski definition) is 1. The molecule has 0 saturated carbocycles. The van der Waals surface area contributed by atoms with Gasteiger partial charge in [-0.2, -0.15) is 0 Å². The second-order valence-electron chi connectivity index (χ2n) is 3.13. The quantitative estimate of drug-likeness (QED) is 0.842. The molecule has 0 heterocycles. The van der Waals surface area contributed by atoms with Gasteiger partial charge in [0, 0.05) is 29.4 Å². The highest BCUT2D eigenvalue weighted by molar-refractivity contribution is 7.89. The van der Waals surface area contributed by atoms with Gasteiger partial charge in [-0.1, -0.05) is 0 Å². The molecule has 90 valence electrons. The van der Waals surface area contributed by atoms with Crippen molar-refractivity contribution in [3.63, 3.8) is 0 Å². The van der Waals surface area contributed by atoms with E-state index >= 15 is 0 Å². The van der Waals surface area contributed by atoms with Crippen molar-refractivity contribution in [3.8, 4) is 0 Å². The molecular weight excluding hydrogens is 253 g/mol. The lowest BCUT2D eigenvalue weighted by atomic mass is 10.4. The Bertz CT molecular complexity index is 470. The van der Waals surface area contributed by atoms with E-state index in [2.05, 4.69) is 4.72 Å². The topological polar surface area (TPSA) is 63.2 Å². The molecule has 0 saturated heterocycles. The van der Waals surface area contributed by atoms with Gasteiger partial charge in [0.15, 0.2) is 0 Å². The standard InChI is InChI=1S/C9H12FNO3S2/c1-15(12)7-6-11-16(13,14)9-4-2-8(10)3-5-9/h2-5,11H,6-7H2,1H3. The Balaban J connectivity index is 2.71. The lowest BCUT2D eigenvalue weighted by Crippen LogP contribution is -2.27. The number of halogens is 1. The van der Waals surface area contributed by atoms with Crippen molar-refractivity contribution in [1.82, 2.24) is 4.72 Å². The summed E-state index contributed by atoms with van der Waals surface area (Å²) in [5.41, 5.74) is 0. The van der Waals surface area contributed by atoms with Gasteiger partial charge in [-0.05, 0) is 24.3 Å². The molecule has 0 bridgehead atoms. The van der Waals surface area contributed by atoms with Gasteiger partial charge in [0.25, 0.3) is 0 Å². The second-order valence-corrected chi connectivity index (χ2v) is 6.45. The maximum absolute atomic E-state index is 12.6. The van der Waals surface area contributed by atoms with Crippen LogP contribution in [0.4, 0.5) is 4.39 Å². The summed E-state index contributed by atoms with van der Waals surface area (Å²) in [6.45, 7) is 0.100. The van der Waals surface area contributed by atoms with Crippen molar-refractivity contribution in [2.45, 2.75) is 4.90 Å². The summed E-state index contributed by atoms with van der Waals surface area (Å²) in [6, 6.07) is 4.51. The Labute approximate surface area is 96.4 Å². The van der Waals surface area contributed by atoms with Crippen LogP contribution < -0.4 is 4.72 Å². The first-order valence-electron chi connectivity index (χ1n) is 4.47. The first kappa shape index (κ1) is 13.3. The molecule has 4 nitrogen and oxygen atoms in total. The molecule has 0 amide bonds. The Morgan fingerprint density at radius 3 is 2.38 bits per heavy atom. The minimum absolute atomic E-state index is 0.00390.